The molecular weight excluding hydrogens is 588 g/mol. The van der Waals surface area contributed by atoms with Crippen LogP contribution in [0.25, 0.3) is 0 Å². The first kappa shape index (κ1) is 33.2. The van der Waals surface area contributed by atoms with E-state index in [0.29, 0.717) is 67.1 Å². The summed E-state index contributed by atoms with van der Waals surface area (Å²) in [6.07, 6.45) is 4.25. The van der Waals surface area contributed by atoms with Gasteiger partial charge in [-0.05, 0) is 50.6 Å². The van der Waals surface area contributed by atoms with Crippen LogP contribution in [-0.4, -0.2) is 63.6 Å². The number of methoxy groups -OCH3 is 1. The van der Waals surface area contributed by atoms with Gasteiger partial charge in [0, 0.05) is 25.3 Å². The van der Waals surface area contributed by atoms with Crippen molar-refractivity contribution >= 4 is 23.2 Å². The SMILES string of the molecule is CCCCCCN1c2ccc(OCC)c(COCOCCOC)c2Oc2cc(OCC)cc(CN3C(=O)c4ccccc4C3=O)c21. The Morgan fingerprint density at radius 1 is 0.804 bits per heavy atom. The molecule has 0 saturated carbocycles. The van der Waals surface area contributed by atoms with E-state index in [1.54, 1.807) is 31.4 Å². The summed E-state index contributed by atoms with van der Waals surface area (Å²) in [7, 11) is 1.63. The lowest BCUT2D eigenvalue weighted by Gasteiger charge is -2.36. The number of anilines is 2. The zero-order chi connectivity index (χ0) is 32.5. The first-order chi connectivity index (χ1) is 22.5. The fourth-order valence-corrected chi connectivity index (χ4v) is 5.86. The Morgan fingerprint density at radius 2 is 1.57 bits per heavy atom. The van der Waals surface area contributed by atoms with Crippen molar-refractivity contribution in [1.29, 1.82) is 0 Å². The summed E-state index contributed by atoms with van der Waals surface area (Å²) < 4.78 is 35.2. The minimum atomic E-state index is -0.309. The van der Waals surface area contributed by atoms with E-state index in [-0.39, 0.29) is 31.8 Å². The molecule has 0 bridgehead atoms. The van der Waals surface area contributed by atoms with E-state index in [9.17, 15) is 9.59 Å². The first-order valence-electron chi connectivity index (χ1n) is 16.2. The normalized spacial score (nSPS) is 13.4. The highest BCUT2D eigenvalue weighted by Crippen LogP contribution is 2.53. The van der Waals surface area contributed by atoms with Gasteiger partial charge >= 0.3 is 0 Å². The summed E-state index contributed by atoms with van der Waals surface area (Å²) in [6, 6.07) is 14.7. The van der Waals surface area contributed by atoms with Gasteiger partial charge in [-0.15, -0.1) is 0 Å². The zero-order valence-electron chi connectivity index (χ0n) is 27.3. The number of carbonyl (C=O) groups excluding carboxylic acids is 2. The van der Waals surface area contributed by atoms with Crippen molar-refractivity contribution in [2.45, 2.75) is 59.6 Å². The number of carbonyl (C=O) groups is 2. The summed E-state index contributed by atoms with van der Waals surface area (Å²) in [6.45, 7) is 8.95. The summed E-state index contributed by atoms with van der Waals surface area (Å²) in [5.41, 5.74) is 4.03. The first-order valence-corrected chi connectivity index (χ1v) is 16.2. The zero-order valence-corrected chi connectivity index (χ0v) is 27.3. The van der Waals surface area contributed by atoms with Gasteiger partial charge in [-0.1, -0.05) is 38.3 Å². The Morgan fingerprint density at radius 3 is 2.26 bits per heavy atom. The van der Waals surface area contributed by atoms with E-state index in [2.05, 4.69) is 11.8 Å². The molecule has 0 aromatic heterocycles. The number of rotatable bonds is 18. The predicted octanol–water partition coefficient (Wildman–Crippen LogP) is 7.24. The van der Waals surface area contributed by atoms with E-state index >= 15 is 0 Å². The number of amides is 2. The molecule has 3 aromatic rings. The van der Waals surface area contributed by atoms with Crippen molar-refractivity contribution in [3.05, 3.63) is 70.8 Å². The van der Waals surface area contributed by atoms with Crippen LogP contribution in [0.3, 0.4) is 0 Å². The van der Waals surface area contributed by atoms with Gasteiger partial charge in [-0.3, -0.25) is 14.5 Å². The van der Waals surface area contributed by atoms with Gasteiger partial charge < -0.3 is 33.3 Å². The van der Waals surface area contributed by atoms with Crippen molar-refractivity contribution in [1.82, 2.24) is 4.90 Å². The molecule has 0 radical (unpaired) electrons. The van der Waals surface area contributed by atoms with E-state index < -0.39 is 0 Å². The molecule has 2 heterocycles. The Hall–Kier alpha value is -4.12. The Labute approximate surface area is 271 Å². The Balaban J connectivity index is 1.56. The maximum Gasteiger partial charge on any atom is 0.261 e. The van der Waals surface area contributed by atoms with E-state index in [4.69, 9.17) is 28.4 Å². The van der Waals surface area contributed by atoms with Crippen molar-refractivity contribution in [2.24, 2.45) is 0 Å². The lowest BCUT2D eigenvalue weighted by Crippen LogP contribution is -2.31. The van der Waals surface area contributed by atoms with Crippen LogP contribution in [0.5, 0.6) is 23.0 Å². The highest BCUT2D eigenvalue weighted by atomic mass is 16.7. The van der Waals surface area contributed by atoms with Gasteiger partial charge in [0.2, 0.25) is 0 Å². The number of hydrogen-bond acceptors (Lipinski definition) is 9. The van der Waals surface area contributed by atoms with Crippen LogP contribution in [-0.2, 0) is 27.4 Å². The molecule has 10 heteroatoms. The van der Waals surface area contributed by atoms with E-state index in [1.165, 1.54) is 4.90 Å². The maximum atomic E-state index is 13.4. The maximum absolute atomic E-state index is 13.4. The van der Waals surface area contributed by atoms with Crippen molar-refractivity contribution < 1.29 is 38.0 Å². The van der Waals surface area contributed by atoms with Gasteiger partial charge in [-0.2, -0.15) is 0 Å². The summed E-state index contributed by atoms with van der Waals surface area (Å²) in [5.74, 6) is 1.85. The molecule has 246 valence electrons. The molecular formula is C36H44N2O8. The third-order valence-corrected chi connectivity index (χ3v) is 7.99. The van der Waals surface area contributed by atoms with E-state index in [1.807, 2.05) is 38.1 Å². The number of fused-ring (bicyclic) bond motifs is 3. The lowest BCUT2D eigenvalue weighted by molar-refractivity contribution is -0.0730. The molecule has 2 aliphatic heterocycles. The largest absolute Gasteiger partial charge is 0.494 e. The Bertz CT molecular complexity index is 1490. The number of nitrogens with zero attached hydrogens (tertiary/aromatic N) is 2. The van der Waals surface area contributed by atoms with Gasteiger partial charge in [0.1, 0.15) is 18.3 Å². The van der Waals surface area contributed by atoms with Gasteiger partial charge in [0.05, 0.1) is 67.6 Å². The fraction of sp³-hybridized carbons (Fsp3) is 0.444. The van der Waals surface area contributed by atoms with Crippen LogP contribution >= 0.6 is 0 Å². The predicted molar refractivity (Wildman–Crippen MR) is 175 cm³/mol. The molecule has 0 atom stereocenters. The molecule has 10 nitrogen and oxygen atoms in total. The highest BCUT2D eigenvalue weighted by Gasteiger charge is 2.38. The molecule has 0 N–H and O–H groups in total. The average Bonchev–Trinajstić information content (AvgIpc) is 3.30. The molecule has 5 rings (SSSR count). The second-order valence-electron chi connectivity index (χ2n) is 11.1. The van der Waals surface area contributed by atoms with Gasteiger partial charge in [0.25, 0.3) is 11.8 Å². The minimum absolute atomic E-state index is 0.0750. The van der Waals surface area contributed by atoms with Crippen LogP contribution in [0.15, 0.2) is 48.5 Å². The molecule has 46 heavy (non-hydrogen) atoms. The monoisotopic (exact) mass is 632 g/mol. The topological polar surface area (TPSA) is 96.0 Å². The smallest absolute Gasteiger partial charge is 0.261 e. The summed E-state index contributed by atoms with van der Waals surface area (Å²) in [5, 5.41) is 0. The average molecular weight is 633 g/mol. The molecule has 0 spiro atoms. The van der Waals surface area contributed by atoms with Crippen molar-refractivity contribution in [2.75, 3.05) is 51.8 Å². The van der Waals surface area contributed by atoms with Crippen molar-refractivity contribution in [3.63, 3.8) is 0 Å². The van der Waals surface area contributed by atoms with Crippen LogP contribution in [0.2, 0.25) is 0 Å². The molecule has 0 unspecified atom stereocenters. The standard InChI is InChI=1S/C36H44N2O8/c1-5-8-9-12-17-37-30-15-16-31(45-7-3)29(23-43-24-42-19-18-41-4)34(30)46-32-21-26(44-6-2)20-25(33(32)37)22-38-35(39)27-13-10-11-14-28(27)36(38)40/h10-11,13-16,20-21H,5-9,12,17-19,22-24H2,1-4H3. The van der Waals surface area contributed by atoms with Gasteiger partial charge in [0.15, 0.2) is 11.5 Å². The molecule has 0 fully saturated rings. The van der Waals surface area contributed by atoms with Crippen molar-refractivity contribution in [3.8, 4) is 23.0 Å². The quantitative estimate of drug-likeness (QED) is 0.0817. The minimum Gasteiger partial charge on any atom is -0.494 e. The number of unbranched alkanes of at least 4 members (excludes halogenated alkanes) is 3. The third-order valence-electron chi connectivity index (χ3n) is 7.99. The van der Waals surface area contributed by atoms with Crippen LogP contribution in [0, 0.1) is 0 Å². The highest BCUT2D eigenvalue weighted by molar-refractivity contribution is 6.21. The second kappa shape index (κ2) is 15.9. The van der Waals surface area contributed by atoms with Crippen LogP contribution in [0.1, 0.15) is 78.3 Å². The summed E-state index contributed by atoms with van der Waals surface area (Å²) in [4.78, 5) is 30.4. The lowest BCUT2D eigenvalue weighted by atomic mass is 10.0. The molecule has 2 aliphatic rings. The molecule has 0 aliphatic carbocycles. The number of hydrogen-bond donors (Lipinski definition) is 0. The van der Waals surface area contributed by atoms with E-state index in [0.717, 1.165) is 48.2 Å². The molecule has 3 aromatic carbocycles. The summed E-state index contributed by atoms with van der Waals surface area (Å²) >= 11 is 0. The van der Waals surface area contributed by atoms with Crippen LogP contribution in [0.4, 0.5) is 11.4 Å². The Kier molecular flexibility index (Phi) is 11.5. The number of ether oxygens (including phenoxy) is 6. The fourth-order valence-electron chi connectivity index (χ4n) is 5.86. The number of imide groups is 1. The number of benzene rings is 3. The molecule has 0 saturated heterocycles. The molecule has 2 amide bonds. The van der Waals surface area contributed by atoms with Crippen LogP contribution < -0.4 is 19.1 Å². The second-order valence-corrected chi connectivity index (χ2v) is 11.1. The van der Waals surface area contributed by atoms with Gasteiger partial charge in [-0.25, -0.2) is 0 Å². The third kappa shape index (κ3) is 7.14.